The topological polar surface area (TPSA) is 63.8 Å². The first-order chi connectivity index (χ1) is 6.24. The predicted molar refractivity (Wildman–Crippen MR) is 58.3 cm³/mol. The normalized spacial score (nSPS) is 18.5. The Bertz CT molecular complexity index is 294. The molecule has 3 N–H and O–H groups in total. The van der Waals surface area contributed by atoms with E-state index in [1.807, 2.05) is 11.8 Å². The van der Waals surface area contributed by atoms with E-state index in [1.54, 1.807) is 0 Å². The fourth-order valence-corrected chi connectivity index (χ4v) is 2.35. The van der Waals surface area contributed by atoms with Crippen LogP contribution in [0.15, 0.2) is 0 Å². The molecule has 2 rings (SSSR count). The monoisotopic (exact) mass is 216 g/mol. The van der Waals surface area contributed by atoms with Gasteiger partial charge in [0.1, 0.15) is 0 Å². The van der Waals surface area contributed by atoms with Gasteiger partial charge in [0.15, 0.2) is 0 Å². The van der Waals surface area contributed by atoms with Crippen LogP contribution >= 0.6 is 23.3 Å². The highest BCUT2D eigenvalue weighted by Crippen LogP contribution is 2.47. The van der Waals surface area contributed by atoms with Gasteiger partial charge in [-0.2, -0.15) is 21.1 Å². The molecule has 13 heavy (non-hydrogen) atoms. The summed E-state index contributed by atoms with van der Waals surface area (Å²) in [5, 5.41) is 4.09. The van der Waals surface area contributed by atoms with Crippen molar-refractivity contribution in [2.45, 2.75) is 17.6 Å². The van der Waals surface area contributed by atoms with Crippen molar-refractivity contribution in [1.82, 2.24) is 9.36 Å². The van der Waals surface area contributed by atoms with E-state index in [0.717, 1.165) is 11.7 Å². The Morgan fingerprint density at radius 3 is 2.92 bits per heavy atom. The number of nitrogens with two attached hydrogens (primary N) is 1. The molecule has 0 aliphatic heterocycles. The van der Waals surface area contributed by atoms with Gasteiger partial charge in [0, 0.05) is 22.8 Å². The third-order valence-electron chi connectivity index (χ3n) is 2.24. The minimum absolute atomic E-state index is 0.362. The van der Waals surface area contributed by atoms with Crippen molar-refractivity contribution in [2.24, 2.45) is 0 Å². The molecule has 0 radical (unpaired) electrons. The average molecular weight is 216 g/mol. The fourth-order valence-electron chi connectivity index (χ4n) is 1.14. The molecule has 4 nitrogen and oxygen atoms in total. The second kappa shape index (κ2) is 3.34. The van der Waals surface area contributed by atoms with Crippen LogP contribution in [0.2, 0.25) is 0 Å². The Morgan fingerprint density at radius 2 is 2.46 bits per heavy atom. The van der Waals surface area contributed by atoms with E-state index in [0.29, 0.717) is 10.7 Å². The zero-order valence-electron chi connectivity index (χ0n) is 7.41. The summed E-state index contributed by atoms with van der Waals surface area (Å²) in [5.74, 6) is 0.362. The van der Waals surface area contributed by atoms with E-state index < -0.39 is 0 Å². The predicted octanol–water partition coefficient (Wildman–Crippen LogP) is 1.43. The van der Waals surface area contributed by atoms with Crippen molar-refractivity contribution in [3.05, 3.63) is 0 Å². The molecule has 0 aromatic carbocycles. The largest absolute Gasteiger partial charge is 0.367 e. The zero-order valence-corrected chi connectivity index (χ0v) is 9.04. The molecular weight excluding hydrogens is 204 g/mol. The summed E-state index contributed by atoms with van der Waals surface area (Å²) in [7, 11) is 0. The van der Waals surface area contributed by atoms with Gasteiger partial charge in [0.05, 0.1) is 0 Å². The number of hydrogen-bond acceptors (Lipinski definition) is 6. The number of hydrogen-bond donors (Lipinski definition) is 2. The first-order valence-electron chi connectivity index (χ1n) is 4.12. The standard InChI is InChI=1S/C7H12N4S2/c1-12-7(2-3-7)4-9-6-10-5(8)11-13-6/h2-4H2,1H3,(H3,8,9,10,11). The fraction of sp³-hybridized carbons (Fsp3) is 0.714. The molecule has 1 aromatic heterocycles. The van der Waals surface area contributed by atoms with Crippen molar-refractivity contribution >= 4 is 34.4 Å². The van der Waals surface area contributed by atoms with Crippen LogP contribution in [-0.2, 0) is 0 Å². The van der Waals surface area contributed by atoms with Gasteiger partial charge in [-0.05, 0) is 19.1 Å². The van der Waals surface area contributed by atoms with E-state index >= 15 is 0 Å². The van der Waals surface area contributed by atoms with Gasteiger partial charge < -0.3 is 11.1 Å². The molecule has 72 valence electrons. The van der Waals surface area contributed by atoms with Crippen molar-refractivity contribution < 1.29 is 0 Å². The molecule has 0 amide bonds. The number of nitrogens with zero attached hydrogens (tertiary/aromatic N) is 2. The molecule has 0 bridgehead atoms. The highest BCUT2D eigenvalue weighted by Gasteiger charge is 2.41. The molecule has 1 aliphatic carbocycles. The third kappa shape index (κ3) is 2.05. The van der Waals surface area contributed by atoms with E-state index in [2.05, 4.69) is 20.9 Å². The third-order valence-corrected chi connectivity index (χ3v) is 4.35. The van der Waals surface area contributed by atoms with E-state index in [-0.39, 0.29) is 0 Å². The minimum Gasteiger partial charge on any atom is -0.367 e. The summed E-state index contributed by atoms with van der Waals surface area (Å²) in [4.78, 5) is 4.04. The second-order valence-electron chi connectivity index (χ2n) is 3.20. The van der Waals surface area contributed by atoms with Crippen molar-refractivity contribution in [3.63, 3.8) is 0 Å². The quantitative estimate of drug-likeness (QED) is 0.797. The van der Waals surface area contributed by atoms with Gasteiger partial charge >= 0.3 is 0 Å². The molecule has 6 heteroatoms. The molecule has 1 saturated carbocycles. The van der Waals surface area contributed by atoms with Crippen LogP contribution in [0.5, 0.6) is 0 Å². The molecule has 1 fully saturated rings. The van der Waals surface area contributed by atoms with Gasteiger partial charge in [-0.25, -0.2) is 0 Å². The van der Waals surface area contributed by atoms with E-state index in [1.165, 1.54) is 24.4 Å². The lowest BCUT2D eigenvalue weighted by Crippen LogP contribution is -2.17. The van der Waals surface area contributed by atoms with Gasteiger partial charge in [-0.3, -0.25) is 0 Å². The van der Waals surface area contributed by atoms with E-state index in [9.17, 15) is 0 Å². The highest BCUT2D eigenvalue weighted by molar-refractivity contribution is 8.00. The molecule has 1 aliphatic rings. The molecule has 1 heterocycles. The maximum atomic E-state index is 5.41. The number of rotatable bonds is 4. The summed E-state index contributed by atoms with van der Waals surface area (Å²) in [6, 6.07) is 0. The maximum Gasteiger partial charge on any atom is 0.233 e. The van der Waals surface area contributed by atoms with E-state index in [4.69, 9.17) is 5.73 Å². The summed E-state index contributed by atoms with van der Waals surface area (Å²) in [6.45, 7) is 0.975. The van der Waals surface area contributed by atoms with Crippen molar-refractivity contribution in [2.75, 3.05) is 23.9 Å². The molecule has 0 spiro atoms. The number of anilines is 2. The number of nitrogens with one attached hydrogen (secondary N) is 1. The molecule has 0 atom stereocenters. The Balaban J connectivity index is 1.86. The smallest absolute Gasteiger partial charge is 0.233 e. The first kappa shape index (κ1) is 9.08. The van der Waals surface area contributed by atoms with Gasteiger partial charge in [-0.15, -0.1) is 0 Å². The van der Waals surface area contributed by atoms with Crippen LogP contribution in [0.25, 0.3) is 0 Å². The summed E-state index contributed by atoms with van der Waals surface area (Å²) >= 11 is 3.25. The Morgan fingerprint density at radius 1 is 1.69 bits per heavy atom. The number of aromatic nitrogens is 2. The van der Waals surface area contributed by atoms with Crippen LogP contribution in [-0.4, -0.2) is 26.9 Å². The molecule has 0 saturated heterocycles. The summed E-state index contributed by atoms with van der Waals surface area (Å²) in [5.41, 5.74) is 5.41. The zero-order chi connectivity index (χ0) is 9.31. The van der Waals surface area contributed by atoms with Gasteiger partial charge in [0.25, 0.3) is 0 Å². The number of thioether (sulfide) groups is 1. The van der Waals surface area contributed by atoms with Gasteiger partial charge in [0.2, 0.25) is 11.1 Å². The minimum atomic E-state index is 0.362. The maximum absolute atomic E-state index is 5.41. The van der Waals surface area contributed by atoms with Crippen LogP contribution in [0.4, 0.5) is 11.1 Å². The lowest BCUT2D eigenvalue weighted by Gasteiger charge is -2.11. The molecule has 0 unspecified atom stereocenters. The number of nitrogen functional groups attached to an aromatic ring is 1. The van der Waals surface area contributed by atoms with Crippen LogP contribution in [0.3, 0.4) is 0 Å². The lowest BCUT2D eigenvalue weighted by atomic mass is 10.4. The highest BCUT2D eigenvalue weighted by atomic mass is 32.2. The Labute approximate surface area is 85.5 Å². The van der Waals surface area contributed by atoms with Crippen LogP contribution in [0, 0.1) is 0 Å². The van der Waals surface area contributed by atoms with Crippen molar-refractivity contribution in [1.29, 1.82) is 0 Å². The van der Waals surface area contributed by atoms with Gasteiger partial charge in [-0.1, -0.05) is 0 Å². The van der Waals surface area contributed by atoms with Crippen molar-refractivity contribution in [3.8, 4) is 0 Å². The summed E-state index contributed by atoms with van der Waals surface area (Å²) in [6.07, 6.45) is 4.76. The SMILES string of the molecule is CSC1(CNc2nc(N)ns2)CC1. The second-order valence-corrected chi connectivity index (χ2v) is 5.22. The average Bonchev–Trinajstić information content (AvgIpc) is 2.81. The Kier molecular flexibility index (Phi) is 2.33. The first-order valence-corrected chi connectivity index (χ1v) is 6.12. The van der Waals surface area contributed by atoms with Crippen LogP contribution < -0.4 is 11.1 Å². The lowest BCUT2D eigenvalue weighted by molar-refractivity contribution is 0.947. The Hall–Kier alpha value is -0.490. The van der Waals surface area contributed by atoms with Crippen LogP contribution in [0.1, 0.15) is 12.8 Å². The molecule has 1 aromatic rings. The summed E-state index contributed by atoms with van der Waals surface area (Å²) < 4.78 is 4.36. The molecular formula is C7H12N4S2.